The monoisotopic (exact) mass is 215 g/mol. The highest BCUT2D eigenvalue weighted by Crippen LogP contribution is 2.07. The number of carbonyl (C=O) groups is 2. The number of hydrogen-bond donors (Lipinski definition) is 0. The zero-order chi connectivity index (χ0) is 11.1. The first-order valence-corrected chi connectivity index (χ1v) is 5.38. The summed E-state index contributed by atoms with van der Waals surface area (Å²) >= 11 is 0. The zero-order valence-corrected chi connectivity index (χ0v) is 9.03. The molecule has 0 saturated carbocycles. The highest BCUT2D eigenvalue weighted by molar-refractivity contribution is 6.29. The molecule has 0 unspecified atom stereocenters. The summed E-state index contributed by atoms with van der Waals surface area (Å²) in [5, 5.41) is 1.50. The lowest BCUT2D eigenvalue weighted by molar-refractivity contribution is -0.195. The van der Waals surface area contributed by atoms with E-state index in [9.17, 15) is 9.59 Å². The second-order valence-electron chi connectivity index (χ2n) is 3.50. The van der Waals surface area contributed by atoms with Gasteiger partial charge in [-0.2, -0.15) is 0 Å². The van der Waals surface area contributed by atoms with E-state index in [1.165, 1.54) is 5.06 Å². The minimum Gasteiger partial charge on any atom is -0.457 e. The molecule has 0 N–H and O–H groups in total. The maximum Gasteiger partial charge on any atom is 0.436 e. The van der Waals surface area contributed by atoms with Crippen molar-refractivity contribution in [2.24, 2.45) is 0 Å². The molecule has 1 aliphatic heterocycles. The summed E-state index contributed by atoms with van der Waals surface area (Å²) in [7, 11) is 0. The van der Waals surface area contributed by atoms with Gasteiger partial charge in [0.1, 0.15) is 0 Å². The number of ether oxygens (including phenoxy) is 1. The van der Waals surface area contributed by atoms with Gasteiger partial charge >= 0.3 is 11.9 Å². The van der Waals surface area contributed by atoms with Crippen LogP contribution in [0.1, 0.15) is 32.6 Å². The summed E-state index contributed by atoms with van der Waals surface area (Å²) in [6.45, 7) is 3.67. The fraction of sp³-hybridized carbons (Fsp3) is 0.800. The van der Waals surface area contributed by atoms with Crippen molar-refractivity contribution in [1.82, 2.24) is 5.06 Å². The summed E-state index contributed by atoms with van der Waals surface area (Å²) < 4.78 is 4.71. The average molecular weight is 215 g/mol. The van der Waals surface area contributed by atoms with Gasteiger partial charge in [0.25, 0.3) is 0 Å². The van der Waals surface area contributed by atoms with Crippen molar-refractivity contribution in [2.75, 3.05) is 19.7 Å². The molecule has 1 heterocycles. The Balaban J connectivity index is 2.17. The molecule has 1 fully saturated rings. The molecule has 86 valence electrons. The van der Waals surface area contributed by atoms with Crippen LogP contribution in [-0.4, -0.2) is 36.7 Å². The summed E-state index contributed by atoms with van der Waals surface area (Å²) in [5.41, 5.74) is 0. The molecule has 0 aromatic heterocycles. The van der Waals surface area contributed by atoms with Gasteiger partial charge < -0.3 is 9.57 Å². The molecule has 0 aromatic rings. The van der Waals surface area contributed by atoms with Gasteiger partial charge in [-0.1, -0.05) is 13.3 Å². The first-order valence-electron chi connectivity index (χ1n) is 5.38. The summed E-state index contributed by atoms with van der Waals surface area (Å²) in [6, 6.07) is 0. The van der Waals surface area contributed by atoms with Crippen LogP contribution in [0.15, 0.2) is 0 Å². The van der Waals surface area contributed by atoms with Gasteiger partial charge in [-0.25, -0.2) is 9.59 Å². The molecule has 1 aliphatic rings. The molecule has 0 bridgehead atoms. The minimum absolute atomic E-state index is 0.282. The van der Waals surface area contributed by atoms with Crippen LogP contribution in [0.25, 0.3) is 0 Å². The van der Waals surface area contributed by atoms with E-state index in [0.29, 0.717) is 13.1 Å². The predicted molar refractivity (Wildman–Crippen MR) is 52.8 cm³/mol. The SMILES string of the molecule is CCCCOC(=O)C(=O)ON1CCCC1. The largest absolute Gasteiger partial charge is 0.457 e. The molecule has 0 radical (unpaired) electrons. The van der Waals surface area contributed by atoms with Gasteiger partial charge in [0, 0.05) is 13.1 Å². The lowest BCUT2D eigenvalue weighted by Gasteiger charge is -2.13. The van der Waals surface area contributed by atoms with E-state index in [0.717, 1.165) is 25.7 Å². The number of hydroxylamine groups is 2. The molecular weight excluding hydrogens is 198 g/mol. The smallest absolute Gasteiger partial charge is 0.436 e. The molecule has 1 saturated heterocycles. The third-order valence-corrected chi connectivity index (χ3v) is 2.17. The van der Waals surface area contributed by atoms with Gasteiger partial charge in [0.05, 0.1) is 6.61 Å². The van der Waals surface area contributed by atoms with Crippen LogP contribution in [-0.2, 0) is 19.2 Å². The number of unbranched alkanes of at least 4 members (excludes halogenated alkanes) is 1. The third kappa shape index (κ3) is 4.29. The van der Waals surface area contributed by atoms with Crippen molar-refractivity contribution in [2.45, 2.75) is 32.6 Å². The molecule has 0 atom stereocenters. The van der Waals surface area contributed by atoms with Crippen LogP contribution in [0, 0.1) is 0 Å². The number of rotatable bonds is 4. The summed E-state index contributed by atoms with van der Waals surface area (Å²) in [4.78, 5) is 27.1. The second-order valence-corrected chi connectivity index (χ2v) is 3.50. The Morgan fingerprint density at radius 1 is 1.20 bits per heavy atom. The van der Waals surface area contributed by atoms with E-state index in [1.54, 1.807) is 0 Å². The van der Waals surface area contributed by atoms with E-state index in [1.807, 2.05) is 6.92 Å². The molecule has 1 rings (SSSR count). The first-order chi connectivity index (χ1) is 7.24. The van der Waals surface area contributed by atoms with Gasteiger partial charge in [-0.15, -0.1) is 5.06 Å². The van der Waals surface area contributed by atoms with E-state index >= 15 is 0 Å². The van der Waals surface area contributed by atoms with Gasteiger partial charge in [-0.3, -0.25) is 0 Å². The standard InChI is InChI=1S/C10H17NO4/c1-2-3-8-14-9(12)10(13)15-11-6-4-5-7-11/h2-8H2,1H3. The van der Waals surface area contributed by atoms with Crippen molar-refractivity contribution >= 4 is 11.9 Å². The number of hydrogen-bond acceptors (Lipinski definition) is 5. The number of carbonyl (C=O) groups excluding carboxylic acids is 2. The summed E-state index contributed by atoms with van der Waals surface area (Å²) in [6.07, 6.45) is 3.69. The minimum atomic E-state index is -0.909. The maximum atomic E-state index is 11.2. The zero-order valence-electron chi connectivity index (χ0n) is 9.03. The normalized spacial score (nSPS) is 16.3. The Hall–Kier alpha value is -1.10. The van der Waals surface area contributed by atoms with Crippen molar-refractivity contribution < 1.29 is 19.2 Å². The predicted octanol–water partition coefficient (Wildman–Crippen LogP) is 0.884. The molecular formula is C10H17NO4. The van der Waals surface area contributed by atoms with Gasteiger partial charge in [0.2, 0.25) is 0 Å². The maximum absolute atomic E-state index is 11.2. The summed E-state index contributed by atoms with van der Waals surface area (Å²) in [5.74, 6) is -1.80. The Labute approximate surface area is 89.3 Å². The van der Waals surface area contributed by atoms with E-state index in [-0.39, 0.29) is 6.61 Å². The molecule has 0 spiro atoms. The molecule has 5 heteroatoms. The van der Waals surface area contributed by atoms with Crippen LogP contribution in [0.2, 0.25) is 0 Å². The Bertz CT molecular complexity index is 223. The van der Waals surface area contributed by atoms with E-state index < -0.39 is 11.9 Å². The van der Waals surface area contributed by atoms with Crippen molar-refractivity contribution in [1.29, 1.82) is 0 Å². The molecule has 0 amide bonds. The van der Waals surface area contributed by atoms with Crippen LogP contribution >= 0.6 is 0 Å². The average Bonchev–Trinajstić information content (AvgIpc) is 2.70. The third-order valence-electron chi connectivity index (χ3n) is 2.17. The quantitative estimate of drug-likeness (QED) is 0.396. The molecule has 0 aliphatic carbocycles. The molecule has 0 aromatic carbocycles. The topological polar surface area (TPSA) is 55.8 Å². The highest BCUT2D eigenvalue weighted by atomic mass is 16.7. The van der Waals surface area contributed by atoms with Gasteiger partial charge in [-0.05, 0) is 19.3 Å². The first kappa shape index (κ1) is 12.0. The Kier molecular flexibility index (Phi) is 5.10. The molecule has 5 nitrogen and oxygen atoms in total. The highest BCUT2D eigenvalue weighted by Gasteiger charge is 2.23. The molecule has 15 heavy (non-hydrogen) atoms. The Morgan fingerprint density at radius 2 is 1.87 bits per heavy atom. The van der Waals surface area contributed by atoms with Crippen molar-refractivity contribution in [3.63, 3.8) is 0 Å². The van der Waals surface area contributed by atoms with Crippen LogP contribution in [0.4, 0.5) is 0 Å². The van der Waals surface area contributed by atoms with Crippen molar-refractivity contribution in [3.8, 4) is 0 Å². The number of nitrogens with zero attached hydrogens (tertiary/aromatic N) is 1. The van der Waals surface area contributed by atoms with E-state index in [4.69, 9.17) is 9.57 Å². The van der Waals surface area contributed by atoms with Crippen LogP contribution in [0.5, 0.6) is 0 Å². The van der Waals surface area contributed by atoms with Gasteiger partial charge in [0.15, 0.2) is 0 Å². The fourth-order valence-corrected chi connectivity index (χ4v) is 1.30. The van der Waals surface area contributed by atoms with Crippen molar-refractivity contribution in [3.05, 3.63) is 0 Å². The lowest BCUT2D eigenvalue weighted by atomic mass is 10.4. The Morgan fingerprint density at radius 3 is 2.47 bits per heavy atom. The van der Waals surface area contributed by atoms with Crippen LogP contribution < -0.4 is 0 Å². The lowest BCUT2D eigenvalue weighted by Crippen LogP contribution is -2.30. The fourth-order valence-electron chi connectivity index (χ4n) is 1.30. The van der Waals surface area contributed by atoms with E-state index in [2.05, 4.69) is 0 Å². The van der Waals surface area contributed by atoms with Crippen LogP contribution in [0.3, 0.4) is 0 Å². The second kappa shape index (κ2) is 6.40. The number of esters is 1.